The number of carbonyl (C=O) groups excluding carboxylic acids is 2. The van der Waals surface area contributed by atoms with E-state index in [2.05, 4.69) is 20.8 Å². The zero-order valence-corrected chi connectivity index (χ0v) is 18.2. The maximum Gasteiger partial charge on any atom is 0.305 e. The van der Waals surface area contributed by atoms with E-state index in [0.717, 1.165) is 19.3 Å². The lowest BCUT2D eigenvalue weighted by Gasteiger charge is -2.09. The molecule has 0 rings (SSSR count). The number of ether oxygens (including phenoxy) is 2. The van der Waals surface area contributed by atoms with E-state index in [4.69, 9.17) is 9.47 Å². The van der Waals surface area contributed by atoms with Crippen LogP contribution in [-0.2, 0) is 19.1 Å². The van der Waals surface area contributed by atoms with Gasteiger partial charge in [-0.3, -0.25) is 9.59 Å². The van der Waals surface area contributed by atoms with Gasteiger partial charge >= 0.3 is 11.9 Å². The van der Waals surface area contributed by atoms with Crippen molar-refractivity contribution in [3.8, 4) is 0 Å². The van der Waals surface area contributed by atoms with Crippen molar-refractivity contribution < 1.29 is 19.1 Å². The Kier molecular flexibility index (Phi) is 18.9. The van der Waals surface area contributed by atoms with Crippen LogP contribution in [0.25, 0.3) is 0 Å². The summed E-state index contributed by atoms with van der Waals surface area (Å²) < 4.78 is 10.4. The maximum atomic E-state index is 11.6. The first-order chi connectivity index (χ1) is 13.1. The van der Waals surface area contributed by atoms with Crippen LogP contribution in [0.4, 0.5) is 0 Å². The molecule has 0 saturated heterocycles. The fourth-order valence-electron chi connectivity index (χ4n) is 2.83. The van der Waals surface area contributed by atoms with Gasteiger partial charge in [0, 0.05) is 12.8 Å². The van der Waals surface area contributed by atoms with Gasteiger partial charge < -0.3 is 9.47 Å². The Balaban J connectivity index is 3.31. The number of carbonyl (C=O) groups is 2. The number of unbranched alkanes of at least 4 members (excludes halogenated alkanes) is 10. The van der Waals surface area contributed by atoms with Crippen molar-refractivity contribution in [2.75, 3.05) is 13.2 Å². The van der Waals surface area contributed by atoms with E-state index in [9.17, 15) is 9.59 Å². The van der Waals surface area contributed by atoms with Crippen LogP contribution >= 0.6 is 0 Å². The molecule has 1 unspecified atom stereocenters. The van der Waals surface area contributed by atoms with Crippen LogP contribution < -0.4 is 0 Å². The zero-order valence-electron chi connectivity index (χ0n) is 18.2. The Labute approximate surface area is 167 Å². The lowest BCUT2D eigenvalue weighted by Crippen LogP contribution is -2.12. The summed E-state index contributed by atoms with van der Waals surface area (Å²) in [4.78, 5) is 23.2. The smallest absolute Gasteiger partial charge is 0.305 e. The maximum absolute atomic E-state index is 11.6. The number of esters is 2. The largest absolute Gasteiger partial charge is 0.466 e. The summed E-state index contributed by atoms with van der Waals surface area (Å²) in [6.45, 7) is 7.36. The second kappa shape index (κ2) is 19.7. The highest BCUT2D eigenvalue weighted by Gasteiger charge is 2.08. The number of hydrogen-bond acceptors (Lipinski definition) is 4. The van der Waals surface area contributed by atoms with Gasteiger partial charge in [0.2, 0.25) is 0 Å². The van der Waals surface area contributed by atoms with Crippen molar-refractivity contribution in [3.05, 3.63) is 0 Å². The summed E-state index contributed by atoms with van der Waals surface area (Å²) in [5, 5.41) is 0. The van der Waals surface area contributed by atoms with Crippen LogP contribution in [0.3, 0.4) is 0 Å². The van der Waals surface area contributed by atoms with E-state index >= 15 is 0 Å². The van der Waals surface area contributed by atoms with Crippen molar-refractivity contribution >= 4 is 11.9 Å². The molecule has 0 N–H and O–H groups in total. The van der Waals surface area contributed by atoms with Crippen molar-refractivity contribution in [2.24, 2.45) is 5.92 Å². The molecule has 0 aromatic rings. The van der Waals surface area contributed by atoms with Gasteiger partial charge in [-0.1, -0.05) is 91.4 Å². The molecule has 1 atom stereocenters. The minimum atomic E-state index is -0.214. The standard InChI is InChI=1S/C23H44O4/c1-4-6-7-8-9-10-11-12-13-14-15-19-26-22(24)17-16-18-23(25)27-20-21(3)5-2/h21H,4-20H2,1-3H3. The van der Waals surface area contributed by atoms with Crippen LogP contribution in [0, 0.1) is 5.92 Å². The molecule has 0 saturated carbocycles. The molecule has 0 bridgehead atoms. The van der Waals surface area contributed by atoms with Gasteiger partial charge in [-0.25, -0.2) is 0 Å². The molecule has 160 valence electrons. The molecule has 0 amide bonds. The lowest BCUT2D eigenvalue weighted by atomic mass is 10.1. The second-order valence-corrected chi connectivity index (χ2v) is 7.81. The lowest BCUT2D eigenvalue weighted by molar-refractivity contribution is -0.146. The van der Waals surface area contributed by atoms with Crippen molar-refractivity contribution in [2.45, 2.75) is 117 Å². The average Bonchev–Trinajstić information content (AvgIpc) is 2.66. The minimum Gasteiger partial charge on any atom is -0.466 e. The fourth-order valence-corrected chi connectivity index (χ4v) is 2.83. The highest BCUT2D eigenvalue weighted by molar-refractivity contribution is 5.72. The molecule has 0 aliphatic heterocycles. The van der Waals surface area contributed by atoms with Gasteiger partial charge in [0.15, 0.2) is 0 Å². The molecule has 0 aromatic heterocycles. The predicted octanol–water partition coefficient (Wildman–Crippen LogP) is 6.60. The van der Waals surface area contributed by atoms with Crippen LogP contribution in [0.5, 0.6) is 0 Å². The number of hydrogen-bond donors (Lipinski definition) is 0. The molecule has 0 aromatic carbocycles. The normalized spacial score (nSPS) is 12.0. The first kappa shape index (κ1) is 25.9. The molecule has 0 heterocycles. The second-order valence-electron chi connectivity index (χ2n) is 7.81. The van der Waals surface area contributed by atoms with Crippen LogP contribution in [-0.4, -0.2) is 25.2 Å². The monoisotopic (exact) mass is 384 g/mol. The molecule has 0 spiro atoms. The van der Waals surface area contributed by atoms with Crippen LogP contribution in [0.1, 0.15) is 117 Å². The van der Waals surface area contributed by atoms with E-state index in [1.165, 1.54) is 57.8 Å². The van der Waals surface area contributed by atoms with Crippen molar-refractivity contribution in [3.63, 3.8) is 0 Å². The average molecular weight is 385 g/mol. The van der Waals surface area contributed by atoms with Gasteiger partial charge in [-0.2, -0.15) is 0 Å². The Hall–Kier alpha value is -1.06. The summed E-state index contributed by atoms with van der Waals surface area (Å²) in [5.41, 5.74) is 0. The van der Waals surface area contributed by atoms with Crippen LogP contribution in [0.15, 0.2) is 0 Å². The molecule has 0 aliphatic rings. The Morgan fingerprint density at radius 1 is 0.667 bits per heavy atom. The third kappa shape index (κ3) is 19.5. The molecular formula is C23H44O4. The van der Waals surface area contributed by atoms with Gasteiger partial charge in [0.25, 0.3) is 0 Å². The SMILES string of the molecule is CCCCCCCCCCCCCOC(=O)CCCC(=O)OCC(C)CC. The molecule has 0 aliphatic carbocycles. The van der Waals surface area contributed by atoms with Gasteiger partial charge in [0.05, 0.1) is 13.2 Å². The van der Waals surface area contributed by atoms with E-state index in [1.54, 1.807) is 0 Å². The molecule has 27 heavy (non-hydrogen) atoms. The van der Waals surface area contributed by atoms with E-state index < -0.39 is 0 Å². The summed E-state index contributed by atoms with van der Waals surface area (Å²) >= 11 is 0. The van der Waals surface area contributed by atoms with Crippen molar-refractivity contribution in [1.29, 1.82) is 0 Å². The third-order valence-electron chi connectivity index (χ3n) is 5.00. The topological polar surface area (TPSA) is 52.6 Å². The fraction of sp³-hybridized carbons (Fsp3) is 0.913. The molecule has 0 radical (unpaired) electrons. The first-order valence-electron chi connectivity index (χ1n) is 11.4. The minimum absolute atomic E-state index is 0.197. The van der Waals surface area contributed by atoms with E-state index in [-0.39, 0.29) is 11.9 Å². The van der Waals surface area contributed by atoms with E-state index in [0.29, 0.717) is 38.4 Å². The van der Waals surface area contributed by atoms with E-state index in [1.807, 2.05) is 0 Å². The third-order valence-corrected chi connectivity index (χ3v) is 5.00. The highest BCUT2D eigenvalue weighted by atomic mass is 16.5. The first-order valence-corrected chi connectivity index (χ1v) is 11.4. The zero-order chi connectivity index (χ0) is 20.2. The van der Waals surface area contributed by atoms with Gasteiger partial charge in [0.1, 0.15) is 0 Å². The molecule has 0 fully saturated rings. The predicted molar refractivity (Wildman–Crippen MR) is 112 cm³/mol. The summed E-state index contributed by atoms with van der Waals surface area (Å²) in [7, 11) is 0. The summed E-state index contributed by atoms with van der Waals surface area (Å²) in [6.07, 6.45) is 16.2. The van der Waals surface area contributed by atoms with Crippen LogP contribution in [0.2, 0.25) is 0 Å². The highest BCUT2D eigenvalue weighted by Crippen LogP contribution is 2.11. The number of rotatable bonds is 19. The summed E-state index contributed by atoms with van der Waals surface area (Å²) in [5.74, 6) is -0.0185. The molecule has 4 nitrogen and oxygen atoms in total. The molecular weight excluding hydrogens is 340 g/mol. The van der Waals surface area contributed by atoms with Gasteiger partial charge in [-0.05, 0) is 18.8 Å². The summed E-state index contributed by atoms with van der Waals surface area (Å²) in [6, 6.07) is 0. The Morgan fingerprint density at radius 3 is 1.67 bits per heavy atom. The Bertz CT molecular complexity index is 354. The quantitative estimate of drug-likeness (QED) is 0.186. The molecule has 4 heteroatoms. The van der Waals surface area contributed by atoms with Crippen molar-refractivity contribution in [1.82, 2.24) is 0 Å². The van der Waals surface area contributed by atoms with Gasteiger partial charge in [-0.15, -0.1) is 0 Å². The Morgan fingerprint density at radius 2 is 1.15 bits per heavy atom.